The normalized spacial score (nSPS) is 10.1. The first kappa shape index (κ1) is 12.4. The Labute approximate surface area is 106 Å². The molecule has 0 saturated heterocycles. The van der Waals surface area contributed by atoms with Crippen molar-refractivity contribution >= 4 is 0 Å². The summed E-state index contributed by atoms with van der Waals surface area (Å²) < 4.78 is 11.2. The molecule has 2 rings (SSSR count). The van der Waals surface area contributed by atoms with Crippen molar-refractivity contribution in [3.05, 3.63) is 48.2 Å². The molecule has 0 amide bonds. The van der Waals surface area contributed by atoms with Crippen LogP contribution in [0.25, 0.3) is 0 Å². The molecule has 0 aliphatic carbocycles. The van der Waals surface area contributed by atoms with E-state index in [0.29, 0.717) is 30.5 Å². The van der Waals surface area contributed by atoms with Gasteiger partial charge in [-0.25, -0.2) is 4.98 Å². The van der Waals surface area contributed by atoms with Crippen LogP contribution in [0.5, 0.6) is 17.4 Å². The zero-order valence-corrected chi connectivity index (χ0v) is 10.3. The van der Waals surface area contributed by atoms with Crippen LogP contribution in [0.15, 0.2) is 42.6 Å². The Morgan fingerprint density at radius 2 is 2.11 bits per heavy atom. The fourth-order valence-corrected chi connectivity index (χ4v) is 1.57. The number of hydrogen-bond donors (Lipinski definition) is 1. The fourth-order valence-electron chi connectivity index (χ4n) is 1.57. The SMILES string of the molecule is CCOc1cccnc1Oc1cccc(CN)c1. The van der Waals surface area contributed by atoms with E-state index in [1.165, 1.54) is 0 Å². The Morgan fingerprint density at radius 1 is 1.22 bits per heavy atom. The molecule has 1 heterocycles. The van der Waals surface area contributed by atoms with Gasteiger partial charge in [-0.1, -0.05) is 12.1 Å². The number of nitrogens with zero attached hydrogens (tertiary/aromatic N) is 1. The molecule has 0 bridgehead atoms. The molecule has 0 atom stereocenters. The summed E-state index contributed by atoms with van der Waals surface area (Å²) in [6.07, 6.45) is 1.67. The van der Waals surface area contributed by atoms with Crippen LogP contribution in [-0.2, 0) is 6.54 Å². The van der Waals surface area contributed by atoms with E-state index in [1.54, 1.807) is 6.20 Å². The topological polar surface area (TPSA) is 57.4 Å². The molecule has 4 heteroatoms. The summed E-state index contributed by atoms with van der Waals surface area (Å²) in [5.41, 5.74) is 6.61. The first-order valence-corrected chi connectivity index (χ1v) is 5.88. The van der Waals surface area contributed by atoms with E-state index >= 15 is 0 Å². The molecular formula is C14H16N2O2. The maximum atomic E-state index is 5.71. The first-order chi connectivity index (χ1) is 8.83. The maximum absolute atomic E-state index is 5.71. The number of ether oxygens (including phenoxy) is 2. The number of rotatable bonds is 5. The number of pyridine rings is 1. The van der Waals surface area contributed by atoms with Gasteiger partial charge in [0.25, 0.3) is 5.88 Å². The van der Waals surface area contributed by atoms with E-state index in [-0.39, 0.29) is 0 Å². The largest absolute Gasteiger partial charge is 0.488 e. The van der Waals surface area contributed by atoms with Gasteiger partial charge in [-0.05, 0) is 36.8 Å². The van der Waals surface area contributed by atoms with Crippen LogP contribution in [0, 0.1) is 0 Å². The number of nitrogens with two attached hydrogens (primary N) is 1. The molecule has 0 fully saturated rings. The van der Waals surface area contributed by atoms with Crippen LogP contribution >= 0.6 is 0 Å². The average molecular weight is 244 g/mol. The van der Waals surface area contributed by atoms with E-state index in [9.17, 15) is 0 Å². The third-order valence-corrected chi connectivity index (χ3v) is 2.38. The minimum atomic E-state index is 0.466. The number of benzene rings is 1. The fraction of sp³-hybridized carbons (Fsp3) is 0.214. The van der Waals surface area contributed by atoms with Gasteiger partial charge in [0, 0.05) is 12.7 Å². The second-order valence-electron chi connectivity index (χ2n) is 3.69. The van der Waals surface area contributed by atoms with Crippen molar-refractivity contribution in [1.29, 1.82) is 0 Å². The number of hydrogen-bond acceptors (Lipinski definition) is 4. The molecule has 0 aliphatic rings. The quantitative estimate of drug-likeness (QED) is 0.878. The van der Waals surface area contributed by atoms with Crippen molar-refractivity contribution in [2.75, 3.05) is 6.61 Å². The Hall–Kier alpha value is -2.07. The highest BCUT2D eigenvalue weighted by Crippen LogP contribution is 2.29. The molecule has 18 heavy (non-hydrogen) atoms. The highest BCUT2D eigenvalue weighted by Gasteiger charge is 2.06. The van der Waals surface area contributed by atoms with Crippen LogP contribution in [0.2, 0.25) is 0 Å². The van der Waals surface area contributed by atoms with Crippen molar-refractivity contribution in [3.8, 4) is 17.4 Å². The van der Waals surface area contributed by atoms with Gasteiger partial charge in [0.05, 0.1) is 6.61 Å². The third-order valence-electron chi connectivity index (χ3n) is 2.38. The standard InChI is InChI=1S/C14H16N2O2/c1-2-17-13-7-4-8-16-14(13)18-12-6-3-5-11(9-12)10-15/h3-9H,2,10,15H2,1H3. The molecule has 4 nitrogen and oxygen atoms in total. The van der Waals surface area contributed by atoms with Gasteiger partial charge >= 0.3 is 0 Å². The van der Waals surface area contributed by atoms with Crippen LogP contribution in [-0.4, -0.2) is 11.6 Å². The van der Waals surface area contributed by atoms with Gasteiger partial charge in [-0.2, -0.15) is 0 Å². The van der Waals surface area contributed by atoms with Gasteiger partial charge in [-0.15, -0.1) is 0 Å². The van der Waals surface area contributed by atoms with Gasteiger partial charge < -0.3 is 15.2 Å². The summed E-state index contributed by atoms with van der Waals surface area (Å²) >= 11 is 0. The second kappa shape index (κ2) is 6.02. The minimum absolute atomic E-state index is 0.466. The molecule has 2 N–H and O–H groups in total. The van der Waals surface area contributed by atoms with Crippen molar-refractivity contribution in [1.82, 2.24) is 4.98 Å². The van der Waals surface area contributed by atoms with Crippen molar-refractivity contribution in [2.24, 2.45) is 5.73 Å². The molecule has 0 saturated carbocycles. The second-order valence-corrected chi connectivity index (χ2v) is 3.69. The lowest BCUT2D eigenvalue weighted by Crippen LogP contribution is -1.98. The van der Waals surface area contributed by atoms with E-state index in [0.717, 1.165) is 5.56 Å². The summed E-state index contributed by atoms with van der Waals surface area (Å²) in [5, 5.41) is 0. The van der Waals surface area contributed by atoms with E-state index in [1.807, 2.05) is 43.3 Å². The summed E-state index contributed by atoms with van der Waals surface area (Å²) in [6.45, 7) is 2.98. The predicted octanol–water partition coefficient (Wildman–Crippen LogP) is 2.73. The maximum Gasteiger partial charge on any atom is 0.262 e. The predicted molar refractivity (Wildman–Crippen MR) is 69.8 cm³/mol. The highest BCUT2D eigenvalue weighted by atomic mass is 16.5. The van der Waals surface area contributed by atoms with E-state index < -0.39 is 0 Å². The van der Waals surface area contributed by atoms with Gasteiger partial charge in [0.2, 0.25) is 0 Å². The molecule has 0 aliphatic heterocycles. The Kier molecular flexibility index (Phi) is 4.15. The zero-order valence-electron chi connectivity index (χ0n) is 10.3. The van der Waals surface area contributed by atoms with Crippen LogP contribution in [0.1, 0.15) is 12.5 Å². The lowest BCUT2D eigenvalue weighted by Gasteiger charge is -2.10. The van der Waals surface area contributed by atoms with E-state index in [4.69, 9.17) is 15.2 Å². The summed E-state index contributed by atoms with van der Waals surface area (Å²) in [7, 11) is 0. The first-order valence-electron chi connectivity index (χ1n) is 5.88. The monoisotopic (exact) mass is 244 g/mol. The van der Waals surface area contributed by atoms with Gasteiger partial charge in [0.1, 0.15) is 5.75 Å². The van der Waals surface area contributed by atoms with Crippen molar-refractivity contribution < 1.29 is 9.47 Å². The Balaban J connectivity index is 2.22. The summed E-state index contributed by atoms with van der Waals surface area (Å²) in [6, 6.07) is 11.3. The molecule has 1 aromatic carbocycles. The number of aromatic nitrogens is 1. The molecule has 2 aromatic rings. The molecule has 0 unspecified atom stereocenters. The molecule has 0 spiro atoms. The highest BCUT2D eigenvalue weighted by molar-refractivity contribution is 5.38. The minimum Gasteiger partial charge on any atom is -0.488 e. The van der Waals surface area contributed by atoms with Crippen molar-refractivity contribution in [3.63, 3.8) is 0 Å². The van der Waals surface area contributed by atoms with Crippen LogP contribution < -0.4 is 15.2 Å². The zero-order chi connectivity index (χ0) is 12.8. The summed E-state index contributed by atoms with van der Waals surface area (Å²) in [4.78, 5) is 4.17. The molecular weight excluding hydrogens is 228 g/mol. The van der Waals surface area contributed by atoms with Crippen LogP contribution in [0.3, 0.4) is 0 Å². The van der Waals surface area contributed by atoms with Gasteiger partial charge in [-0.3, -0.25) is 0 Å². The van der Waals surface area contributed by atoms with Gasteiger partial charge in [0.15, 0.2) is 5.75 Å². The van der Waals surface area contributed by atoms with Crippen molar-refractivity contribution in [2.45, 2.75) is 13.5 Å². The average Bonchev–Trinajstić information content (AvgIpc) is 2.41. The molecule has 1 aromatic heterocycles. The Morgan fingerprint density at radius 3 is 2.89 bits per heavy atom. The third kappa shape index (κ3) is 2.99. The van der Waals surface area contributed by atoms with E-state index in [2.05, 4.69) is 4.98 Å². The summed E-state index contributed by atoms with van der Waals surface area (Å²) in [5.74, 6) is 1.81. The lowest BCUT2D eigenvalue weighted by molar-refractivity contribution is 0.316. The lowest BCUT2D eigenvalue weighted by atomic mass is 10.2. The smallest absolute Gasteiger partial charge is 0.262 e. The molecule has 0 radical (unpaired) electrons. The Bertz CT molecular complexity index is 515. The van der Waals surface area contributed by atoms with Crippen LogP contribution in [0.4, 0.5) is 0 Å². The molecule has 94 valence electrons.